The number of carbonyl (C=O) groups excluding carboxylic acids is 2. The predicted molar refractivity (Wildman–Crippen MR) is 78.7 cm³/mol. The van der Waals surface area contributed by atoms with Crippen molar-refractivity contribution in [1.82, 2.24) is 5.32 Å². The topological polar surface area (TPSA) is 73.9 Å². The van der Waals surface area contributed by atoms with Gasteiger partial charge in [-0.05, 0) is 31.0 Å². The first kappa shape index (κ1) is 16.8. The van der Waals surface area contributed by atoms with Crippen molar-refractivity contribution < 1.29 is 28.2 Å². The zero-order valence-corrected chi connectivity index (χ0v) is 12.7. The van der Waals surface area contributed by atoms with E-state index in [1.54, 1.807) is 12.1 Å². The van der Waals surface area contributed by atoms with Gasteiger partial charge in [-0.3, -0.25) is 4.79 Å². The number of hydrogen-bond donors (Lipinski definition) is 1. The molecule has 1 N–H and O–H groups in total. The summed E-state index contributed by atoms with van der Waals surface area (Å²) in [5.74, 6) is -1.52. The van der Waals surface area contributed by atoms with E-state index in [2.05, 4.69) is 5.32 Å². The Morgan fingerprint density at radius 1 is 1.30 bits per heavy atom. The van der Waals surface area contributed by atoms with Gasteiger partial charge in [0.1, 0.15) is 25.3 Å². The highest BCUT2D eigenvalue weighted by Gasteiger charge is 2.22. The first-order valence-electron chi connectivity index (χ1n) is 7.24. The number of benzene rings is 1. The summed E-state index contributed by atoms with van der Waals surface area (Å²) in [5.41, 5.74) is 0.897. The monoisotopic (exact) mass is 323 g/mol. The second-order valence-corrected chi connectivity index (χ2v) is 4.92. The molecule has 1 heterocycles. The summed E-state index contributed by atoms with van der Waals surface area (Å²) >= 11 is 0. The van der Waals surface area contributed by atoms with Crippen LogP contribution in [0.2, 0.25) is 0 Å². The minimum Gasteiger partial charge on any atom is -0.493 e. The summed E-state index contributed by atoms with van der Waals surface area (Å²) in [6, 6.07) is 6.03. The lowest BCUT2D eigenvalue weighted by Gasteiger charge is -2.17. The lowest BCUT2D eigenvalue weighted by atomic mass is 10.1. The molecule has 0 aromatic heterocycles. The van der Waals surface area contributed by atoms with Crippen molar-refractivity contribution in [3.63, 3.8) is 0 Å². The van der Waals surface area contributed by atoms with E-state index in [-0.39, 0.29) is 18.2 Å². The zero-order valence-electron chi connectivity index (χ0n) is 12.7. The van der Waals surface area contributed by atoms with Crippen molar-refractivity contribution in [2.45, 2.75) is 19.4 Å². The Bertz CT molecular complexity index is 585. The van der Waals surface area contributed by atoms with E-state index in [1.165, 1.54) is 25.3 Å². The lowest BCUT2D eigenvalue weighted by molar-refractivity contribution is -0.155. The third-order valence-corrected chi connectivity index (χ3v) is 3.13. The first-order chi connectivity index (χ1) is 11.1. The smallest absolute Gasteiger partial charge is 0.377 e. The van der Waals surface area contributed by atoms with Gasteiger partial charge >= 0.3 is 5.97 Å². The molecule has 7 heteroatoms. The Hall–Kier alpha value is -2.57. The normalized spacial score (nSPS) is 14.8. The van der Waals surface area contributed by atoms with Gasteiger partial charge in [0.05, 0.1) is 0 Å². The number of nitrogens with one attached hydrogen (secondary N) is 1. The van der Waals surface area contributed by atoms with Crippen LogP contribution in [0.5, 0.6) is 0 Å². The third kappa shape index (κ3) is 5.28. The zero-order chi connectivity index (χ0) is 16.7. The van der Waals surface area contributed by atoms with Crippen LogP contribution in [-0.4, -0.2) is 37.7 Å². The van der Waals surface area contributed by atoms with E-state index in [4.69, 9.17) is 14.2 Å². The summed E-state index contributed by atoms with van der Waals surface area (Å²) in [5, 5.41) is 2.65. The number of amides is 1. The van der Waals surface area contributed by atoms with Gasteiger partial charge in [0, 0.05) is 6.54 Å². The van der Waals surface area contributed by atoms with Gasteiger partial charge in [-0.1, -0.05) is 12.1 Å². The Morgan fingerprint density at radius 3 is 2.70 bits per heavy atom. The van der Waals surface area contributed by atoms with Crippen molar-refractivity contribution in [1.29, 1.82) is 0 Å². The molecule has 0 spiro atoms. The van der Waals surface area contributed by atoms with Gasteiger partial charge in [-0.15, -0.1) is 0 Å². The van der Waals surface area contributed by atoms with E-state index in [1.807, 2.05) is 0 Å². The van der Waals surface area contributed by atoms with Crippen LogP contribution in [0.3, 0.4) is 0 Å². The van der Waals surface area contributed by atoms with E-state index < -0.39 is 18.0 Å². The molecule has 0 aliphatic carbocycles. The Morgan fingerprint density at radius 2 is 2.04 bits per heavy atom. The molecule has 0 radical (unpaired) electrons. The van der Waals surface area contributed by atoms with Crippen LogP contribution in [0.4, 0.5) is 4.39 Å². The summed E-state index contributed by atoms with van der Waals surface area (Å²) in [4.78, 5) is 23.6. The van der Waals surface area contributed by atoms with Crippen LogP contribution in [0, 0.1) is 5.82 Å². The highest BCUT2D eigenvalue weighted by molar-refractivity contribution is 5.89. The molecule has 2 rings (SSSR count). The highest BCUT2D eigenvalue weighted by atomic mass is 19.1. The summed E-state index contributed by atoms with van der Waals surface area (Å²) in [7, 11) is 0. The number of rotatable bonds is 6. The maximum atomic E-state index is 12.8. The van der Waals surface area contributed by atoms with Crippen LogP contribution in [-0.2, 0) is 30.2 Å². The van der Waals surface area contributed by atoms with Crippen LogP contribution in [0.1, 0.15) is 12.5 Å². The molecule has 1 aromatic rings. The molecule has 1 aliphatic heterocycles. The van der Waals surface area contributed by atoms with Crippen LogP contribution in [0.25, 0.3) is 0 Å². The molecule has 0 fully saturated rings. The molecule has 0 saturated carbocycles. The third-order valence-electron chi connectivity index (χ3n) is 3.13. The maximum Gasteiger partial charge on any atom is 0.377 e. The molecular formula is C16H18FNO5. The van der Waals surface area contributed by atoms with Gasteiger partial charge < -0.3 is 19.5 Å². The molecule has 1 aromatic carbocycles. The van der Waals surface area contributed by atoms with Crippen LogP contribution < -0.4 is 5.32 Å². The molecule has 23 heavy (non-hydrogen) atoms. The number of ether oxygens (including phenoxy) is 3. The van der Waals surface area contributed by atoms with E-state index in [0.717, 1.165) is 5.56 Å². The molecule has 124 valence electrons. The number of halogens is 1. The van der Waals surface area contributed by atoms with Gasteiger partial charge in [0.15, 0.2) is 6.10 Å². The molecular weight excluding hydrogens is 305 g/mol. The average molecular weight is 323 g/mol. The fourth-order valence-electron chi connectivity index (χ4n) is 1.87. The Labute approximate surface area is 133 Å². The largest absolute Gasteiger partial charge is 0.493 e. The predicted octanol–water partition coefficient (Wildman–Crippen LogP) is 1.30. The Kier molecular flexibility index (Phi) is 5.96. The second kappa shape index (κ2) is 8.17. The quantitative estimate of drug-likeness (QED) is 0.799. The van der Waals surface area contributed by atoms with Gasteiger partial charge in [0.25, 0.3) is 5.91 Å². The van der Waals surface area contributed by atoms with Gasteiger partial charge in [-0.25, -0.2) is 9.18 Å². The van der Waals surface area contributed by atoms with E-state index in [0.29, 0.717) is 19.6 Å². The van der Waals surface area contributed by atoms with Crippen molar-refractivity contribution in [2.75, 3.05) is 19.8 Å². The fraction of sp³-hybridized carbons (Fsp3) is 0.375. The van der Waals surface area contributed by atoms with E-state index >= 15 is 0 Å². The van der Waals surface area contributed by atoms with Crippen molar-refractivity contribution in [2.24, 2.45) is 0 Å². The van der Waals surface area contributed by atoms with Gasteiger partial charge in [-0.2, -0.15) is 0 Å². The molecule has 0 unspecified atom stereocenters. The molecule has 1 atom stereocenters. The number of carbonyl (C=O) groups is 2. The molecule has 0 bridgehead atoms. The van der Waals surface area contributed by atoms with E-state index in [9.17, 15) is 14.0 Å². The fourth-order valence-corrected chi connectivity index (χ4v) is 1.87. The van der Waals surface area contributed by atoms with Crippen LogP contribution >= 0.6 is 0 Å². The summed E-state index contributed by atoms with van der Waals surface area (Å²) < 4.78 is 27.8. The Balaban J connectivity index is 1.73. The number of hydrogen-bond acceptors (Lipinski definition) is 5. The standard InChI is InChI=1S/C16H18FNO5/c1-11(23-16(20)14-10-21-8-9-22-14)15(19)18-7-6-12-2-4-13(17)5-3-12/h2-5,10-11H,6-9H2,1H3,(H,18,19)/t11-/m0/s1. The highest BCUT2D eigenvalue weighted by Crippen LogP contribution is 2.08. The second-order valence-electron chi connectivity index (χ2n) is 4.92. The summed E-state index contributed by atoms with van der Waals surface area (Å²) in [6.07, 6.45) is 0.766. The minimum atomic E-state index is -0.956. The van der Waals surface area contributed by atoms with Crippen molar-refractivity contribution in [3.8, 4) is 0 Å². The SMILES string of the molecule is C[C@H](OC(=O)C1=COCCO1)C(=O)NCCc1ccc(F)cc1. The molecule has 1 aliphatic rings. The summed E-state index contributed by atoms with van der Waals surface area (Å²) in [6.45, 7) is 2.46. The maximum absolute atomic E-state index is 12.8. The van der Waals surface area contributed by atoms with Crippen molar-refractivity contribution in [3.05, 3.63) is 47.7 Å². The van der Waals surface area contributed by atoms with Crippen molar-refractivity contribution >= 4 is 11.9 Å². The first-order valence-corrected chi connectivity index (χ1v) is 7.24. The lowest BCUT2D eigenvalue weighted by Crippen LogP contribution is -2.37. The number of esters is 1. The molecule has 6 nitrogen and oxygen atoms in total. The van der Waals surface area contributed by atoms with Gasteiger partial charge in [0.2, 0.25) is 5.76 Å². The molecule has 0 saturated heterocycles. The molecule has 1 amide bonds. The van der Waals surface area contributed by atoms with Crippen LogP contribution in [0.15, 0.2) is 36.3 Å². The average Bonchev–Trinajstić information content (AvgIpc) is 2.57. The minimum absolute atomic E-state index is 0.0535.